The molecule has 0 aromatic heterocycles. The van der Waals surface area contributed by atoms with E-state index in [0.717, 1.165) is 0 Å². The minimum absolute atomic E-state index is 0.812. The molecule has 14 heavy (non-hydrogen) atoms. The SMILES string of the molecule is O=[N+]([O-])[Co+2].[O-][Cl+3]([O-])([O-])[O-].[O-][Cl+3]([O-])([O-])[O-]. The molecule has 0 radical (unpaired) electrons. The van der Waals surface area contributed by atoms with Crippen molar-refractivity contribution >= 4 is 0 Å². The molecule has 14 heteroatoms. The number of rotatable bonds is 0. The van der Waals surface area contributed by atoms with Crippen molar-refractivity contribution in [3.05, 3.63) is 10.1 Å². The summed E-state index contributed by atoms with van der Waals surface area (Å²) in [6, 6.07) is 0. The minimum atomic E-state index is -4.94. The smallest absolute Gasteiger partial charge is 0.112 e. The Morgan fingerprint density at radius 2 is 0.786 bits per heavy atom. The van der Waals surface area contributed by atoms with Crippen LogP contribution in [-0.2, 0) is 16.0 Å². The van der Waals surface area contributed by atoms with Crippen LogP contribution in [0.2, 0.25) is 0 Å². The quantitative estimate of drug-likeness (QED) is 0.303. The Morgan fingerprint density at radius 3 is 0.786 bits per heavy atom. The second-order valence-corrected chi connectivity index (χ2v) is 2.84. The first-order chi connectivity index (χ1) is 5.73. The van der Waals surface area contributed by atoms with Crippen molar-refractivity contribution in [1.82, 2.24) is 0 Å². The summed E-state index contributed by atoms with van der Waals surface area (Å²) >= 11 is 2.73. The van der Waals surface area contributed by atoms with E-state index in [0.29, 0.717) is 0 Å². The first-order valence-electron chi connectivity index (χ1n) is 1.75. The van der Waals surface area contributed by atoms with Crippen molar-refractivity contribution in [2.75, 3.05) is 0 Å². The van der Waals surface area contributed by atoms with Crippen LogP contribution in [0.4, 0.5) is 0 Å². The zero-order valence-electron chi connectivity index (χ0n) is 5.62. The number of hydrogen-bond donors (Lipinski definition) is 0. The molecule has 11 nitrogen and oxygen atoms in total. The molecule has 0 heterocycles. The fourth-order valence-electron chi connectivity index (χ4n) is 0. The molecular weight excluding hydrogens is 304 g/mol. The topological polar surface area (TPSA) is 228 Å². The molecule has 0 rings (SSSR count). The van der Waals surface area contributed by atoms with Gasteiger partial charge in [0.2, 0.25) is 0 Å². The summed E-state index contributed by atoms with van der Waals surface area (Å²) in [6.07, 6.45) is 0. The molecule has 0 saturated carbocycles. The van der Waals surface area contributed by atoms with Gasteiger partial charge < -0.3 is 0 Å². The molecule has 0 bridgehead atoms. The zero-order valence-corrected chi connectivity index (χ0v) is 8.17. The van der Waals surface area contributed by atoms with Crippen molar-refractivity contribution in [2.24, 2.45) is 0 Å². The molecule has 0 atom stereocenters. The van der Waals surface area contributed by atoms with Crippen LogP contribution in [0.5, 0.6) is 0 Å². The zero-order chi connectivity index (χ0) is 12.6. The third kappa shape index (κ3) is 54700. The Labute approximate surface area is 88.2 Å². The van der Waals surface area contributed by atoms with E-state index < -0.39 is 24.5 Å². The number of nitrogens with zero attached hydrogens (tertiary/aromatic N) is 1. The van der Waals surface area contributed by atoms with E-state index in [1.165, 1.54) is 0 Å². The molecule has 0 unspecified atom stereocenters. The van der Waals surface area contributed by atoms with Crippen molar-refractivity contribution in [3.8, 4) is 0 Å². The Balaban J connectivity index is -0.000000131. The first-order valence-corrected chi connectivity index (χ1v) is 4.68. The maximum atomic E-state index is 8.67. The summed E-state index contributed by atoms with van der Waals surface area (Å²) in [5, 5.41) is 8.67. The molecule has 0 fully saturated rings. The first kappa shape index (κ1) is 19.7. The Morgan fingerprint density at radius 1 is 0.786 bits per heavy atom. The second kappa shape index (κ2) is 8.47. The predicted molar refractivity (Wildman–Crippen MR) is 6.99 cm³/mol. The molecule has 0 aliphatic heterocycles. The summed E-state index contributed by atoms with van der Waals surface area (Å²) in [5.74, 6) is 0. The molecule has 0 aromatic rings. The molecule has 0 spiro atoms. The minimum Gasteiger partial charge on any atom is -0.222 e. The van der Waals surface area contributed by atoms with Gasteiger partial charge >= 0.3 is 30.0 Å². The van der Waals surface area contributed by atoms with Gasteiger partial charge in [0.25, 0.3) is 0 Å². The van der Waals surface area contributed by atoms with Gasteiger partial charge in [-0.3, -0.25) is 0 Å². The predicted octanol–water partition coefficient (Wildman–Crippen LogP) is -9.79. The monoisotopic (exact) mass is 303 g/mol. The van der Waals surface area contributed by atoms with Crippen LogP contribution in [0, 0.1) is 30.6 Å². The number of hydrogen-bond acceptors (Lipinski definition) is 10. The van der Waals surface area contributed by atoms with Crippen molar-refractivity contribution in [3.63, 3.8) is 0 Å². The summed E-state index contributed by atoms with van der Waals surface area (Å²) in [4.78, 5) is 8.67. The largest absolute Gasteiger partial charge is 0.222 e. The van der Waals surface area contributed by atoms with Crippen LogP contribution in [0.25, 0.3) is 0 Å². The third-order valence-corrected chi connectivity index (χ3v) is 0. The van der Waals surface area contributed by atoms with Crippen LogP contribution in [0.15, 0.2) is 0 Å². The van der Waals surface area contributed by atoms with Gasteiger partial charge in [0.05, 0.1) is 0 Å². The Kier molecular flexibility index (Phi) is 11.9. The molecular formula is Cl2CoNO10. The molecule has 0 N–H and O–H groups in total. The number of nitro groups is 1. The maximum absolute atomic E-state index is 8.67. The van der Waals surface area contributed by atoms with Crippen LogP contribution < -0.4 is 37.3 Å². The van der Waals surface area contributed by atoms with Crippen molar-refractivity contribution in [1.29, 1.82) is 0 Å². The third-order valence-electron chi connectivity index (χ3n) is 0. The van der Waals surface area contributed by atoms with Gasteiger partial charge in [-0.25, -0.2) is 37.3 Å². The van der Waals surface area contributed by atoms with Gasteiger partial charge in [-0.05, 0) is 0 Å². The van der Waals surface area contributed by atoms with Gasteiger partial charge in [0.15, 0.2) is 0 Å². The van der Waals surface area contributed by atoms with Crippen LogP contribution in [0.1, 0.15) is 0 Å². The summed E-state index contributed by atoms with van der Waals surface area (Å²) in [7, 11) is -9.89. The van der Waals surface area contributed by atoms with E-state index in [1.807, 2.05) is 0 Å². The van der Waals surface area contributed by atoms with Gasteiger partial charge in [0, 0.05) is 0 Å². The Bertz CT molecular complexity index is 117. The fourth-order valence-corrected chi connectivity index (χ4v) is 0. The molecule has 0 aliphatic rings. The van der Waals surface area contributed by atoms with E-state index in [-0.39, 0.29) is 0 Å². The van der Waals surface area contributed by atoms with Crippen molar-refractivity contribution in [2.45, 2.75) is 0 Å². The fraction of sp³-hybridized carbons (Fsp3) is 0. The summed E-state index contributed by atoms with van der Waals surface area (Å²) in [6.45, 7) is 0. The molecule has 0 saturated heterocycles. The van der Waals surface area contributed by atoms with Crippen LogP contribution >= 0.6 is 0 Å². The summed E-state index contributed by atoms with van der Waals surface area (Å²) < 4.78 is 67.1. The second-order valence-electron chi connectivity index (χ2n) is 0.952. The summed E-state index contributed by atoms with van der Waals surface area (Å²) in [5.41, 5.74) is 0. The average Bonchev–Trinajstić information content (AvgIpc) is 1.45. The molecule has 88 valence electrons. The van der Waals surface area contributed by atoms with Crippen molar-refractivity contribution < 1.29 is 77.7 Å². The molecule has 0 aromatic carbocycles. The van der Waals surface area contributed by atoms with Crippen LogP contribution in [0.3, 0.4) is 0 Å². The number of halogens is 2. The van der Waals surface area contributed by atoms with E-state index >= 15 is 0 Å². The van der Waals surface area contributed by atoms with Crippen LogP contribution in [-0.4, -0.2) is 3.97 Å². The maximum Gasteiger partial charge on any atom is -0.112 e. The standard InChI is InChI=1S/2ClHO4.Co.NO2/c2*2-1(3,4)5;;2-1-3/h2*(H,2,3,4,5);;/q;;+2;/p-2. The normalized spacial score (nSPS) is 10.4. The van der Waals surface area contributed by atoms with Gasteiger partial charge in [0.1, 0.15) is 0 Å². The van der Waals surface area contributed by atoms with E-state index in [1.54, 1.807) is 0 Å². The molecule has 0 aliphatic carbocycles. The van der Waals surface area contributed by atoms with Gasteiger partial charge in [-0.1, -0.05) is 0 Å². The van der Waals surface area contributed by atoms with Gasteiger partial charge in [-0.15, -0.1) is 20.5 Å². The Hall–Kier alpha value is 0.166. The average molecular weight is 304 g/mol. The van der Waals surface area contributed by atoms with Gasteiger partial charge in [-0.2, -0.15) is 0 Å². The molecule has 0 amide bonds. The van der Waals surface area contributed by atoms with E-state index in [2.05, 4.69) is 16.0 Å². The van der Waals surface area contributed by atoms with E-state index in [4.69, 9.17) is 47.4 Å². The van der Waals surface area contributed by atoms with E-state index in [9.17, 15) is 0 Å².